The average Bonchev–Trinajstić information content (AvgIpc) is 2.76. The summed E-state index contributed by atoms with van der Waals surface area (Å²) in [5, 5.41) is 3.41. The molecule has 1 N–H and O–H groups in total. The predicted molar refractivity (Wildman–Crippen MR) is 77.8 cm³/mol. The Bertz CT molecular complexity index is 479. The van der Waals surface area contributed by atoms with Crippen LogP contribution in [0.2, 0.25) is 0 Å². The molecule has 0 aliphatic rings. The molecule has 0 radical (unpaired) electrons. The van der Waals surface area contributed by atoms with Gasteiger partial charge in [0, 0.05) is 6.54 Å². The summed E-state index contributed by atoms with van der Waals surface area (Å²) in [5.41, 5.74) is 2.78. The van der Waals surface area contributed by atoms with E-state index in [4.69, 9.17) is 4.42 Å². The Morgan fingerprint density at radius 1 is 1.06 bits per heavy atom. The zero-order valence-electron chi connectivity index (χ0n) is 9.87. The lowest BCUT2D eigenvalue weighted by molar-refractivity contribution is 0.463. The maximum atomic E-state index is 5.50. The highest BCUT2D eigenvalue weighted by Gasteiger charge is 2.01. The molecular weight excluding hydrogens is 325 g/mol. The lowest BCUT2D eigenvalue weighted by atomic mass is 10.1. The second-order valence-electron chi connectivity index (χ2n) is 3.93. The van der Waals surface area contributed by atoms with Gasteiger partial charge in [-0.3, -0.25) is 0 Å². The minimum absolute atomic E-state index is 0.779. The van der Waals surface area contributed by atoms with E-state index in [1.165, 1.54) is 11.1 Å². The van der Waals surface area contributed by atoms with Crippen LogP contribution in [0.3, 0.4) is 0 Å². The fraction of sp³-hybridized carbons (Fsp3) is 0.286. The van der Waals surface area contributed by atoms with Gasteiger partial charge < -0.3 is 9.73 Å². The van der Waals surface area contributed by atoms with Gasteiger partial charge in [0.2, 0.25) is 0 Å². The van der Waals surface area contributed by atoms with Crippen LogP contribution in [0, 0.1) is 3.77 Å². The summed E-state index contributed by atoms with van der Waals surface area (Å²) in [6.45, 7) is 3.86. The number of nitrogens with one attached hydrogen (secondary N) is 1. The Morgan fingerprint density at radius 2 is 1.82 bits per heavy atom. The van der Waals surface area contributed by atoms with E-state index >= 15 is 0 Å². The van der Waals surface area contributed by atoms with Gasteiger partial charge in [-0.15, -0.1) is 0 Å². The topological polar surface area (TPSA) is 25.2 Å². The van der Waals surface area contributed by atoms with E-state index in [1.54, 1.807) is 0 Å². The lowest BCUT2D eigenvalue weighted by Gasteiger charge is -2.08. The van der Waals surface area contributed by atoms with Gasteiger partial charge in [-0.2, -0.15) is 0 Å². The zero-order chi connectivity index (χ0) is 12.1. The number of aryl methyl sites for hydroxylation is 1. The molecule has 0 saturated heterocycles. The fourth-order valence-electron chi connectivity index (χ4n) is 1.84. The van der Waals surface area contributed by atoms with Crippen LogP contribution in [0.25, 0.3) is 0 Å². The van der Waals surface area contributed by atoms with E-state index in [9.17, 15) is 0 Å². The Kier molecular flexibility index (Phi) is 4.62. The van der Waals surface area contributed by atoms with Crippen LogP contribution in [0.15, 0.2) is 40.8 Å². The number of hydrogen-bond donors (Lipinski definition) is 1. The highest BCUT2D eigenvalue weighted by Crippen LogP contribution is 2.11. The second kappa shape index (κ2) is 6.21. The molecule has 0 aliphatic heterocycles. The Balaban J connectivity index is 1.89. The van der Waals surface area contributed by atoms with Crippen molar-refractivity contribution in [3.05, 3.63) is 57.1 Å². The van der Waals surface area contributed by atoms with Crippen molar-refractivity contribution in [1.82, 2.24) is 5.32 Å². The molecule has 90 valence electrons. The smallest absolute Gasteiger partial charge is 0.164 e. The predicted octanol–water partition coefficient (Wildman–Crippen LogP) is 3.74. The van der Waals surface area contributed by atoms with Crippen LogP contribution >= 0.6 is 22.6 Å². The van der Waals surface area contributed by atoms with Gasteiger partial charge in [-0.25, -0.2) is 0 Å². The summed E-state index contributed by atoms with van der Waals surface area (Å²) in [5.74, 6) is 0.989. The van der Waals surface area contributed by atoms with E-state index < -0.39 is 0 Å². The average molecular weight is 341 g/mol. The molecule has 17 heavy (non-hydrogen) atoms. The number of halogens is 1. The molecule has 2 aromatic rings. The van der Waals surface area contributed by atoms with Gasteiger partial charge in [-0.05, 0) is 52.3 Å². The van der Waals surface area contributed by atoms with Crippen LogP contribution < -0.4 is 5.32 Å². The van der Waals surface area contributed by atoms with E-state index in [0.29, 0.717) is 0 Å². The molecule has 0 unspecified atom stereocenters. The van der Waals surface area contributed by atoms with Gasteiger partial charge in [-0.1, -0.05) is 31.2 Å². The molecule has 1 aromatic carbocycles. The maximum absolute atomic E-state index is 5.50. The number of benzene rings is 1. The second-order valence-corrected chi connectivity index (χ2v) is 4.99. The molecule has 1 heterocycles. The molecule has 0 bridgehead atoms. The van der Waals surface area contributed by atoms with Crippen molar-refractivity contribution >= 4 is 22.6 Å². The zero-order valence-corrected chi connectivity index (χ0v) is 12.0. The Labute approximate surface area is 116 Å². The van der Waals surface area contributed by atoms with Gasteiger partial charge in [0.05, 0.1) is 6.54 Å². The van der Waals surface area contributed by atoms with E-state index in [-0.39, 0.29) is 0 Å². The monoisotopic (exact) mass is 341 g/mol. The van der Waals surface area contributed by atoms with Crippen LogP contribution in [0.1, 0.15) is 23.8 Å². The van der Waals surface area contributed by atoms with E-state index in [1.807, 2.05) is 12.1 Å². The minimum atomic E-state index is 0.779. The number of rotatable bonds is 5. The Morgan fingerprint density at radius 3 is 2.47 bits per heavy atom. The first-order valence-electron chi connectivity index (χ1n) is 5.81. The molecule has 0 spiro atoms. The molecule has 2 nitrogen and oxygen atoms in total. The minimum Gasteiger partial charge on any atom is -0.454 e. The molecule has 0 fully saturated rings. The van der Waals surface area contributed by atoms with Gasteiger partial charge in [0.1, 0.15) is 5.76 Å². The standard InChI is InChI=1S/C14H16INO/c1-2-11-5-3-4-6-12(11)9-16-10-13-7-8-14(15)17-13/h3-8,16H,2,9-10H2,1H3. The SMILES string of the molecule is CCc1ccccc1CNCc1ccc(I)o1. The van der Waals surface area contributed by atoms with Gasteiger partial charge in [0.15, 0.2) is 3.77 Å². The fourth-order valence-corrected chi connectivity index (χ4v) is 2.30. The van der Waals surface area contributed by atoms with Crippen molar-refractivity contribution in [3.63, 3.8) is 0 Å². The van der Waals surface area contributed by atoms with E-state index in [0.717, 1.165) is 29.0 Å². The summed E-state index contributed by atoms with van der Waals surface area (Å²) in [6.07, 6.45) is 1.08. The van der Waals surface area contributed by atoms with E-state index in [2.05, 4.69) is 59.1 Å². The first kappa shape index (κ1) is 12.6. The van der Waals surface area contributed by atoms with Crippen LogP contribution in [-0.2, 0) is 19.5 Å². The summed E-state index contributed by atoms with van der Waals surface area (Å²) in [4.78, 5) is 0. The molecule has 1 aromatic heterocycles. The van der Waals surface area contributed by atoms with Crippen molar-refractivity contribution in [2.24, 2.45) is 0 Å². The highest BCUT2D eigenvalue weighted by molar-refractivity contribution is 14.1. The van der Waals surface area contributed by atoms with Crippen molar-refractivity contribution < 1.29 is 4.42 Å². The summed E-state index contributed by atoms with van der Waals surface area (Å²) < 4.78 is 6.44. The normalized spacial score (nSPS) is 10.7. The third-order valence-corrected chi connectivity index (χ3v) is 3.32. The van der Waals surface area contributed by atoms with Crippen molar-refractivity contribution in [3.8, 4) is 0 Å². The van der Waals surface area contributed by atoms with Crippen LogP contribution in [0.5, 0.6) is 0 Å². The molecule has 0 aliphatic carbocycles. The summed E-state index contributed by atoms with van der Waals surface area (Å²) >= 11 is 2.18. The van der Waals surface area contributed by atoms with Gasteiger partial charge >= 0.3 is 0 Å². The molecule has 3 heteroatoms. The van der Waals surface area contributed by atoms with Crippen molar-refractivity contribution in [2.45, 2.75) is 26.4 Å². The highest BCUT2D eigenvalue weighted by atomic mass is 127. The largest absolute Gasteiger partial charge is 0.454 e. The molecule has 2 rings (SSSR count). The summed E-state index contributed by atoms with van der Waals surface area (Å²) in [6, 6.07) is 12.5. The molecular formula is C14H16INO. The van der Waals surface area contributed by atoms with Crippen LogP contribution in [0.4, 0.5) is 0 Å². The first-order chi connectivity index (χ1) is 8.29. The first-order valence-corrected chi connectivity index (χ1v) is 6.89. The number of furan rings is 1. The van der Waals surface area contributed by atoms with Crippen molar-refractivity contribution in [1.29, 1.82) is 0 Å². The Hall–Kier alpha value is -0.810. The maximum Gasteiger partial charge on any atom is 0.164 e. The quantitative estimate of drug-likeness (QED) is 0.839. The lowest BCUT2D eigenvalue weighted by Crippen LogP contribution is -2.13. The third kappa shape index (κ3) is 3.57. The third-order valence-electron chi connectivity index (χ3n) is 2.74. The molecule has 0 saturated carbocycles. The van der Waals surface area contributed by atoms with Gasteiger partial charge in [0.25, 0.3) is 0 Å². The van der Waals surface area contributed by atoms with Crippen LogP contribution in [-0.4, -0.2) is 0 Å². The van der Waals surface area contributed by atoms with Crippen molar-refractivity contribution in [2.75, 3.05) is 0 Å². The molecule has 0 amide bonds. The summed E-state index contributed by atoms with van der Waals surface area (Å²) in [7, 11) is 0. The molecule has 0 atom stereocenters. The number of hydrogen-bond acceptors (Lipinski definition) is 2.